The van der Waals surface area contributed by atoms with E-state index < -0.39 is 23.5 Å². The second-order valence-corrected chi connectivity index (χ2v) is 10.00. The van der Waals surface area contributed by atoms with Crippen LogP contribution in [0.25, 0.3) is 10.8 Å². The van der Waals surface area contributed by atoms with E-state index in [2.05, 4.69) is 22.5 Å². The predicted molar refractivity (Wildman–Crippen MR) is 139 cm³/mol. The number of aliphatic hydroxyl groups is 1. The minimum absolute atomic E-state index is 0.0299. The molecule has 0 aromatic heterocycles. The first kappa shape index (κ1) is 22.7. The lowest BCUT2D eigenvalue weighted by molar-refractivity contribution is -0.149. The van der Waals surface area contributed by atoms with Crippen molar-refractivity contribution in [2.45, 2.75) is 17.9 Å². The van der Waals surface area contributed by atoms with E-state index in [1.165, 1.54) is 0 Å². The summed E-state index contributed by atoms with van der Waals surface area (Å²) in [6.45, 7) is 3.44. The van der Waals surface area contributed by atoms with E-state index >= 15 is 0 Å². The fourth-order valence-electron chi connectivity index (χ4n) is 5.68. The van der Waals surface area contributed by atoms with E-state index in [4.69, 9.17) is 9.47 Å². The Balaban J connectivity index is 1.41. The topological polar surface area (TPSA) is 72.8 Å². The number of carbonyl (C=O) groups excluding carboxylic acids is 2. The average Bonchev–Trinajstić information content (AvgIpc) is 2.90. The molecule has 0 spiro atoms. The highest BCUT2D eigenvalue weighted by Gasteiger charge is 2.56. The highest BCUT2D eigenvalue weighted by Crippen LogP contribution is 2.58. The van der Waals surface area contributed by atoms with E-state index in [-0.39, 0.29) is 5.92 Å². The molecule has 6 heteroatoms. The maximum atomic E-state index is 13.7. The molecule has 0 aliphatic heterocycles. The fourth-order valence-corrected chi connectivity index (χ4v) is 6.06. The monoisotopic (exact) mass is 540 g/mol. The van der Waals surface area contributed by atoms with Gasteiger partial charge in [0.2, 0.25) is 0 Å². The van der Waals surface area contributed by atoms with Crippen LogP contribution in [0.1, 0.15) is 34.6 Å². The van der Waals surface area contributed by atoms with E-state index in [1.807, 2.05) is 54.6 Å². The molecule has 4 aromatic carbocycles. The summed E-state index contributed by atoms with van der Waals surface area (Å²) in [5.41, 5.74) is 2.03. The zero-order valence-electron chi connectivity index (χ0n) is 19.1. The summed E-state index contributed by atoms with van der Waals surface area (Å²) in [5, 5.41) is 13.5. The summed E-state index contributed by atoms with van der Waals surface area (Å²) < 4.78 is 12.2. The second kappa shape index (κ2) is 8.43. The Morgan fingerprint density at radius 1 is 0.889 bits per heavy atom. The van der Waals surface area contributed by atoms with Crippen molar-refractivity contribution in [2.75, 3.05) is 0 Å². The molecule has 7 rings (SSSR count). The summed E-state index contributed by atoms with van der Waals surface area (Å²) in [4.78, 5) is 25.5. The van der Waals surface area contributed by atoms with Crippen molar-refractivity contribution in [3.05, 3.63) is 118 Å². The molecule has 0 fully saturated rings. The maximum Gasteiger partial charge on any atom is 0.335 e. The Hall–Kier alpha value is -3.74. The largest absolute Gasteiger partial charge is 0.426 e. The molecule has 0 saturated heterocycles. The van der Waals surface area contributed by atoms with Crippen LogP contribution in [-0.2, 0) is 15.2 Å². The summed E-state index contributed by atoms with van der Waals surface area (Å²) in [6, 6.07) is 24.0. The van der Waals surface area contributed by atoms with Crippen LogP contribution in [-0.4, -0.2) is 17.0 Å². The summed E-state index contributed by atoms with van der Waals surface area (Å²) in [5.74, 6) is -1.22. The first-order valence-corrected chi connectivity index (χ1v) is 12.4. The van der Waals surface area contributed by atoms with E-state index in [0.717, 1.165) is 32.8 Å². The number of halogens is 1. The molecule has 0 saturated carbocycles. The molecule has 0 radical (unpaired) electrons. The standard InChI is InChI=1S/C30H21BrO5/c1-2-28(32)35-26-13-14-27(20-9-4-3-8-19(20)26)36-29(33)25-16-21-18-7-5-6-10-23(18)30(25,34)24-12-11-17(31)15-22(21)24/h2-15,21,25,34H,1,16H2. The van der Waals surface area contributed by atoms with Crippen molar-refractivity contribution in [3.63, 3.8) is 0 Å². The van der Waals surface area contributed by atoms with Gasteiger partial charge in [0.1, 0.15) is 17.1 Å². The second-order valence-electron chi connectivity index (χ2n) is 9.08. The van der Waals surface area contributed by atoms with Gasteiger partial charge in [0.15, 0.2) is 0 Å². The molecule has 3 aliphatic carbocycles. The lowest BCUT2D eigenvalue weighted by Gasteiger charge is -2.50. The van der Waals surface area contributed by atoms with Crippen LogP contribution in [0.5, 0.6) is 11.5 Å². The first-order chi connectivity index (χ1) is 17.4. The number of esters is 2. The van der Waals surface area contributed by atoms with Gasteiger partial charge in [-0.1, -0.05) is 77.1 Å². The molecule has 3 atom stereocenters. The van der Waals surface area contributed by atoms with Gasteiger partial charge in [0.05, 0.1) is 5.92 Å². The summed E-state index contributed by atoms with van der Waals surface area (Å²) >= 11 is 3.55. The maximum absolute atomic E-state index is 13.7. The third kappa shape index (κ3) is 3.33. The Morgan fingerprint density at radius 2 is 1.53 bits per heavy atom. The van der Waals surface area contributed by atoms with Crippen LogP contribution >= 0.6 is 15.9 Å². The fraction of sp³-hybridized carbons (Fsp3) is 0.133. The van der Waals surface area contributed by atoms with Crippen LogP contribution in [0.4, 0.5) is 0 Å². The van der Waals surface area contributed by atoms with Crippen molar-refractivity contribution in [1.82, 2.24) is 0 Å². The molecular formula is C30H21BrO5. The lowest BCUT2D eigenvalue weighted by atomic mass is 9.56. The van der Waals surface area contributed by atoms with Crippen LogP contribution < -0.4 is 9.47 Å². The quantitative estimate of drug-likeness (QED) is 0.195. The molecule has 2 bridgehead atoms. The highest BCUT2D eigenvalue weighted by molar-refractivity contribution is 9.10. The smallest absolute Gasteiger partial charge is 0.335 e. The predicted octanol–water partition coefficient (Wildman–Crippen LogP) is 6.00. The first-order valence-electron chi connectivity index (χ1n) is 11.6. The van der Waals surface area contributed by atoms with Gasteiger partial charge in [-0.2, -0.15) is 0 Å². The number of benzene rings is 4. The molecule has 0 amide bonds. The number of carbonyl (C=O) groups is 2. The SMILES string of the molecule is C=CC(=O)Oc1ccc(OC(=O)C2CC3c4ccccc4C2(O)c2ccc(Br)cc23)c2ccccc12. The van der Waals surface area contributed by atoms with Crippen LogP contribution in [0.3, 0.4) is 0 Å². The summed E-state index contributed by atoms with van der Waals surface area (Å²) in [7, 11) is 0. The third-order valence-corrected chi connectivity index (χ3v) is 7.73. The van der Waals surface area contributed by atoms with Crippen molar-refractivity contribution in [1.29, 1.82) is 0 Å². The van der Waals surface area contributed by atoms with Gasteiger partial charge in [0, 0.05) is 27.2 Å². The van der Waals surface area contributed by atoms with Gasteiger partial charge in [0.25, 0.3) is 0 Å². The summed E-state index contributed by atoms with van der Waals surface area (Å²) in [6.07, 6.45) is 1.53. The molecule has 1 N–H and O–H groups in total. The van der Waals surface area contributed by atoms with Crippen LogP contribution in [0.15, 0.2) is 96.0 Å². The van der Waals surface area contributed by atoms with Crippen molar-refractivity contribution in [2.24, 2.45) is 5.92 Å². The molecular weight excluding hydrogens is 520 g/mol. The lowest BCUT2D eigenvalue weighted by Crippen LogP contribution is -2.51. The van der Waals surface area contributed by atoms with E-state index in [1.54, 1.807) is 24.3 Å². The van der Waals surface area contributed by atoms with Gasteiger partial charge in [-0.15, -0.1) is 0 Å². The Kier molecular flexibility index (Phi) is 5.32. The molecule has 178 valence electrons. The molecule has 3 aliphatic rings. The van der Waals surface area contributed by atoms with Gasteiger partial charge in [-0.25, -0.2) is 4.79 Å². The Labute approximate surface area is 216 Å². The Bertz CT molecular complexity index is 1580. The zero-order valence-corrected chi connectivity index (χ0v) is 20.7. The molecule has 36 heavy (non-hydrogen) atoms. The number of hydrogen-bond donors (Lipinski definition) is 1. The number of ether oxygens (including phenoxy) is 2. The third-order valence-electron chi connectivity index (χ3n) is 7.24. The van der Waals surface area contributed by atoms with Crippen LogP contribution in [0.2, 0.25) is 0 Å². The van der Waals surface area contributed by atoms with Gasteiger partial charge < -0.3 is 14.6 Å². The van der Waals surface area contributed by atoms with Crippen molar-refractivity contribution < 1.29 is 24.2 Å². The molecule has 5 nitrogen and oxygen atoms in total. The average molecular weight is 541 g/mol. The van der Waals surface area contributed by atoms with Gasteiger partial charge in [-0.05, 0) is 52.9 Å². The molecule has 3 unspecified atom stereocenters. The van der Waals surface area contributed by atoms with Crippen LogP contribution in [0, 0.1) is 5.92 Å². The van der Waals surface area contributed by atoms with Crippen molar-refractivity contribution >= 4 is 38.6 Å². The number of rotatable bonds is 4. The molecule has 0 heterocycles. The zero-order chi connectivity index (χ0) is 25.0. The normalized spacial score (nSPS) is 21.4. The van der Waals surface area contributed by atoms with E-state index in [0.29, 0.717) is 28.7 Å². The minimum Gasteiger partial charge on any atom is -0.426 e. The highest BCUT2D eigenvalue weighted by atomic mass is 79.9. The van der Waals surface area contributed by atoms with Gasteiger partial charge in [-0.3, -0.25) is 4.79 Å². The Morgan fingerprint density at radius 3 is 2.25 bits per heavy atom. The number of fused-ring (bicyclic) bond motifs is 2. The van der Waals surface area contributed by atoms with Crippen molar-refractivity contribution in [3.8, 4) is 11.5 Å². The van der Waals surface area contributed by atoms with E-state index in [9.17, 15) is 14.7 Å². The molecule has 4 aromatic rings. The van der Waals surface area contributed by atoms with Gasteiger partial charge >= 0.3 is 11.9 Å². The number of hydrogen-bond acceptors (Lipinski definition) is 5. The minimum atomic E-state index is -1.51.